The molecule has 1 amide bonds. The van der Waals surface area contributed by atoms with Gasteiger partial charge in [-0.1, -0.05) is 0 Å². The van der Waals surface area contributed by atoms with Crippen LogP contribution in [-0.4, -0.2) is 34.2 Å². The van der Waals surface area contributed by atoms with E-state index in [9.17, 15) is 4.79 Å². The molecule has 0 radical (unpaired) electrons. The van der Waals surface area contributed by atoms with Crippen molar-refractivity contribution < 1.29 is 9.90 Å². The molecular formula is C8H13N3O2. The summed E-state index contributed by atoms with van der Waals surface area (Å²) in [5, 5.41) is 17.5. The molecule has 1 fully saturated rings. The summed E-state index contributed by atoms with van der Waals surface area (Å²) in [6.45, 7) is 2.12. The van der Waals surface area contributed by atoms with E-state index < -0.39 is 11.6 Å². The Kier molecular flexibility index (Phi) is 2.43. The Morgan fingerprint density at radius 3 is 2.85 bits per heavy atom. The van der Waals surface area contributed by atoms with Crippen molar-refractivity contribution in [2.45, 2.75) is 31.3 Å². The van der Waals surface area contributed by atoms with Crippen molar-refractivity contribution in [3.8, 4) is 6.07 Å². The van der Waals surface area contributed by atoms with E-state index >= 15 is 0 Å². The SMILES string of the molecule is CC1CC(N)(C#N)CCN1C(=O)O. The molecule has 0 saturated carbocycles. The molecule has 1 aliphatic heterocycles. The van der Waals surface area contributed by atoms with Crippen LogP contribution in [0.25, 0.3) is 0 Å². The van der Waals surface area contributed by atoms with Gasteiger partial charge in [0.1, 0.15) is 5.54 Å². The first kappa shape index (κ1) is 9.81. The molecule has 1 heterocycles. The van der Waals surface area contributed by atoms with Gasteiger partial charge >= 0.3 is 6.09 Å². The predicted molar refractivity (Wildman–Crippen MR) is 46.0 cm³/mol. The van der Waals surface area contributed by atoms with Crippen LogP contribution in [0.3, 0.4) is 0 Å². The predicted octanol–water partition coefficient (Wildman–Crippen LogP) is 0.370. The fourth-order valence-electron chi connectivity index (χ4n) is 1.67. The van der Waals surface area contributed by atoms with Gasteiger partial charge in [-0.15, -0.1) is 0 Å². The maximum atomic E-state index is 10.7. The fraction of sp³-hybridized carbons (Fsp3) is 0.750. The number of carbonyl (C=O) groups is 1. The summed E-state index contributed by atoms with van der Waals surface area (Å²) in [7, 11) is 0. The monoisotopic (exact) mass is 183 g/mol. The number of nitrogens with zero attached hydrogens (tertiary/aromatic N) is 2. The van der Waals surface area contributed by atoms with Crippen LogP contribution >= 0.6 is 0 Å². The zero-order valence-electron chi connectivity index (χ0n) is 7.53. The smallest absolute Gasteiger partial charge is 0.407 e. The van der Waals surface area contributed by atoms with Gasteiger partial charge in [0, 0.05) is 12.6 Å². The lowest BCUT2D eigenvalue weighted by molar-refractivity contribution is 0.0982. The summed E-state index contributed by atoms with van der Waals surface area (Å²) < 4.78 is 0. The van der Waals surface area contributed by atoms with E-state index in [-0.39, 0.29) is 6.04 Å². The standard InChI is InChI=1S/C8H13N3O2/c1-6-4-8(10,5-9)2-3-11(6)7(12)13/h6H,2-4,10H2,1H3,(H,12,13). The van der Waals surface area contributed by atoms with E-state index in [4.69, 9.17) is 16.1 Å². The lowest BCUT2D eigenvalue weighted by atomic mass is 9.86. The lowest BCUT2D eigenvalue weighted by Gasteiger charge is -2.38. The molecule has 5 heteroatoms. The minimum atomic E-state index is -0.938. The summed E-state index contributed by atoms with van der Waals surface area (Å²) >= 11 is 0. The van der Waals surface area contributed by atoms with Crippen molar-refractivity contribution in [1.29, 1.82) is 5.26 Å². The second kappa shape index (κ2) is 3.23. The summed E-state index contributed by atoms with van der Waals surface area (Å²) in [5.41, 5.74) is 4.89. The van der Waals surface area contributed by atoms with Gasteiger partial charge in [0.2, 0.25) is 0 Å². The van der Waals surface area contributed by atoms with Crippen LogP contribution in [0.2, 0.25) is 0 Å². The van der Waals surface area contributed by atoms with E-state index in [1.54, 1.807) is 6.92 Å². The highest BCUT2D eigenvalue weighted by Crippen LogP contribution is 2.23. The Bertz CT molecular complexity index is 261. The van der Waals surface area contributed by atoms with Crippen molar-refractivity contribution in [1.82, 2.24) is 4.90 Å². The van der Waals surface area contributed by atoms with Crippen LogP contribution in [0.15, 0.2) is 0 Å². The molecule has 0 aromatic carbocycles. The molecule has 0 aromatic rings. The molecule has 0 aliphatic carbocycles. The van der Waals surface area contributed by atoms with Gasteiger partial charge in [0.25, 0.3) is 0 Å². The van der Waals surface area contributed by atoms with Gasteiger partial charge in [-0.3, -0.25) is 0 Å². The van der Waals surface area contributed by atoms with Crippen LogP contribution in [0.5, 0.6) is 0 Å². The van der Waals surface area contributed by atoms with Gasteiger partial charge in [-0.2, -0.15) is 5.26 Å². The highest BCUT2D eigenvalue weighted by molar-refractivity contribution is 5.65. The third-order valence-corrected chi connectivity index (χ3v) is 2.46. The van der Waals surface area contributed by atoms with Gasteiger partial charge in [-0.05, 0) is 19.8 Å². The normalized spacial score (nSPS) is 33.9. The molecule has 1 aliphatic rings. The first-order valence-corrected chi connectivity index (χ1v) is 4.18. The molecule has 5 nitrogen and oxygen atoms in total. The molecule has 0 bridgehead atoms. The molecule has 2 unspecified atom stereocenters. The number of piperidine rings is 1. The molecule has 13 heavy (non-hydrogen) atoms. The average molecular weight is 183 g/mol. The number of carboxylic acid groups (broad SMARTS) is 1. The molecule has 3 N–H and O–H groups in total. The number of hydrogen-bond donors (Lipinski definition) is 2. The van der Waals surface area contributed by atoms with E-state index in [1.165, 1.54) is 4.90 Å². The zero-order valence-corrected chi connectivity index (χ0v) is 7.53. The maximum absolute atomic E-state index is 10.7. The Hall–Kier alpha value is -1.28. The van der Waals surface area contributed by atoms with Crippen LogP contribution in [0.4, 0.5) is 4.79 Å². The Morgan fingerprint density at radius 2 is 2.46 bits per heavy atom. The van der Waals surface area contributed by atoms with E-state index in [0.29, 0.717) is 19.4 Å². The second-order valence-corrected chi connectivity index (χ2v) is 3.55. The minimum absolute atomic E-state index is 0.170. The number of nitriles is 1. The Balaban J connectivity index is 2.68. The number of amides is 1. The fourth-order valence-corrected chi connectivity index (χ4v) is 1.67. The Morgan fingerprint density at radius 1 is 1.85 bits per heavy atom. The van der Waals surface area contributed by atoms with Crippen molar-refractivity contribution in [3.63, 3.8) is 0 Å². The molecule has 2 atom stereocenters. The summed E-state index contributed by atoms with van der Waals surface area (Å²) in [6, 6.07) is 1.86. The van der Waals surface area contributed by atoms with E-state index in [2.05, 4.69) is 0 Å². The quantitative estimate of drug-likeness (QED) is 0.567. The van der Waals surface area contributed by atoms with Crippen molar-refractivity contribution in [2.75, 3.05) is 6.54 Å². The lowest BCUT2D eigenvalue weighted by Crippen LogP contribution is -2.54. The molecule has 72 valence electrons. The van der Waals surface area contributed by atoms with Gasteiger partial charge in [-0.25, -0.2) is 4.79 Å². The number of nitrogens with two attached hydrogens (primary N) is 1. The summed E-state index contributed by atoms with van der Waals surface area (Å²) in [5.74, 6) is 0. The average Bonchev–Trinajstić information content (AvgIpc) is 2.03. The topological polar surface area (TPSA) is 90.4 Å². The zero-order chi connectivity index (χ0) is 10.1. The second-order valence-electron chi connectivity index (χ2n) is 3.55. The first-order valence-electron chi connectivity index (χ1n) is 4.18. The third kappa shape index (κ3) is 1.90. The highest BCUT2D eigenvalue weighted by atomic mass is 16.4. The summed E-state index contributed by atoms with van der Waals surface area (Å²) in [4.78, 5) is 12.0. The van der Waals surface area contributed by atoms with Gasteiger partial charge in [0.05, 0.1) is 6.07 Å². The van der Waals surface area contributed by atoms with Crippen molar-refractivity contribution in [3.05, 3.63) is 0 Å². The molecule has 1 saturated heterocycles. The number of likely N-dealkylation sites (tertiary alicyclic amines) is 1. The molecule has 0 spiro atoms. The summed E-state index contributed by atoms with van der Waals surface area (Å²) in [6.07, 6.45) is -0.108. The third-order valence-electron chi connectivity index (χ3n) is 2.46. The van der Waals surface area contributed by atoms with Crippen LogP contribution in [-0.2, 0) is 0 Å². The highest BCUT2D eigenvalue weighted by Gasteiger charge is 2.36. The minimum Gasteiger partial charge on any atom is -0.465 e. The van der Waals surface area contributed by atoms with Crippen molar-refractivity contribution in [2.24, 2.45) is 5.73 Å². The van der Waals surface area contributed by atoms with Crippen LogP contribution in [0, 0.1) is 11.3 Å². The van der Waals surface area contributed by atoms with Gasteiger partial charge in [0.15, 0.2) is 0 Å². The van der Waals surface area contributed by atoms with E-state index in [0.717, 1.165) is 0 Å². The van der Waals surface area contributed by atoms with Crippen LogP contribution in [0.1, 0.15) is 19.8 Å². The molecule has 1 rings (SSSR count). The first-order chi connectivity index (χ1) is 5.98. The number of rotatable bonds is 0. The van der Waals surface area contributed by atoms with Crippen LogP contribution < -0.4 is 5.73 Å². The van der Waals surface area contributed by atoms with Gasteiger partial charge < -0.3 is 15.7 Å². The Labute approximate surface area is 76.7 Å². The maximum Gasteiger partial charge on any atom is 0.407 e. The molecule has 0 aromatic heterocycles. The van der Waals surface area contributed by atoms with Crippen molar-refractivity contribution >= 4 is 6.09 Å². The number of hydrogen-bond acceptors (Lipinski definition) is 3. The van der Waals surface area contributed by atoms with E-state index in [1.807, 2.05) is 6.07 Å². The molecular weight excluding hydrogens is 170 g/mol. The largest absolute Gasteiger partial charge is 0.465 e.